The lowest BCUT2D eigenvalue weighted by Gasteiger charge is -2.34. The van der Waals surface area contributed by atoms with Gasteiger partial charge in [-0.3, -0.25) is 4.79 Å². The Labute approximate surface area is 802 Å². The van der Waals surface area contributed by atoms with Crippen molar-refractivity contribution in [2.45, 2.75) is 268 Å². The summed E-state index contributed by atoms with van der Waals surface area (Å²) in [6.07, 6.45) is 8.81. The van der Waals surface area contributed by atoms with Crippen LogP contribution in [0.3, 0.4) is 0 Å². The van der Waals surface area contributed by atoms with Gasteiger partial charge in [-0.15, -0.1) is 0 Å². The van der Waals surface area contributed by atoms with Gasteiger partial charge in [-0.05, 0) is 248 Å². The van der Waals surface area contributed by atoms with Gasteiger partial charge in [-0.25, -0.2) is 9.78 Å². The second-order valence-electron chi connectivity index (χ2n) is 45.7. The Hall–Kier alpha value is -9.98. The molecular weight excluding hydrogens is 1620 g/mol. The largest absolute Gasteiger partial charge is 0.478 e. The number of nitrogens with zero attached hydrogens (tertiary/aromatic N) is 10. The summed E-state index contributed by atoms with van der Waals surface area (Å²) in [7, 11) is 8.49. The first-order valence-electron chi connectivity index (χ1n) is 48.5. The SMILES string of the molecule is CC(C)(C)c1ccc(C#N)cc1.CC(C)(C)c1ccc(C(=O)O)cc1.CC(C)(C)c1ccc(C(N)=O)cc1.CC(C)(C)c1ccc(N2CCCC2)cc1.CC(C)(C)c1ccc(N2CCCCC2)cc1.CC(C)(C)c1ccc(N2CCOCC2)cc1.CN(C)c1ccc(C(C)(C)C)cc1.CN1CCN(c2ccc(C(C)(C)C)cc2)CC1.CN1CCN(c2ccc(C(C)(C)C)cn2)CC1. The zero-order valence-corrected chi connectivity index (χ0v) is 87.8. The van der Waals surface area contributed by atoms with E-state index in [-0.39, 0.29) is 54.6 Å². The highest BCUT2D eigenvalue weighted by atomic mass is 16.5. The molecule has 15 heteroatoms. The number of morpholine rings is 1. The van der Waals surface area contributed by atoms with Crippen LogP contribution in [0.4, 0.5) is 34.3 Å². The second-order valence-corrected chi connectivity index (χ2v) is 45.7. The number of carboxylic acids is 1. The maximum Gasteiger partial charge on any atom is 0.335 e. The van der Waals surface area contributed by atoms with Gasteiger partial charge in [0.25, 0.3) is 0 Å². The summed E-state index contributed by atoms with van der Waals surface area (Å²) in [4.78, 5) is 45.0. The summed E-state index contributed by atoms with van der Waals surface area (Å²) in [6.45, 7) is 77.3. The molecule has 9 aromatic rings. The van der Waals surface area contributed by atoms with Gasteiger partial charge in [0.05, 0.1) is 30.4 Å². The Kier molecular flexibility index (Phi) is 41.8. The number of benzene rings is 8. The van der Waals surface area contributed by atoms with Crippen molar-refractivity contribution >= 4 is 46.1 Å². The summed E-state index contributed by atoms with van der Waals surface area (Å²) >= 11 is 0. The van der Waals surface area contributed by atoms with E-state index in [1.165, 1.54) is 144 Å². The van der Waals surface area contributed by atoms with Crippen LogP contribution in [0.5, 0.6) is 0 Å². The molecule has 720 valence electrons. The minimum absolute atomic E-state index is 0.0804. The number of amides is 1. The smallest absolute Gasteiger partial charge is 0.335 e. The van der Waals surface area contributed by atoms with Crippen LogP contribution in [0, 0.1) is 11.3 Å². The monoisotopic (exact) mass is 1800 g/mol. The predicted molar refractivity (Wildman–Crippen MR) is 569 cm³/mol. The van der Waals surface area contributed by atoms with Gasteiger partial charge in [0.1, 0.15) is 5.82 Å². The van der Waals surface area contributed by atoms with E-state index in [1.54, 1.807) is 24.3 Å². The van der Waals surface area contributed by atoms with E-state index < -0.39 is 5.97 Å². The Morgan fingerprint density at radius 3 is 0.818 bits per heavy atom. The molecule has 15 nitrogen and oxygen atoms in total. The summed E-state index contributed by atoms with van der Waals surface area (Å²) in [5.41, 5.74) is 27.3. The topological polar surface area (TPSA) is 152 Å². The molecule has 0 spiro atoms. The molecule has 14 rings (SSSR count). The van der Waals surface area contributed by atoms with Crippen molar-refractivity contribution in [3.63, 3.8) is 0 Å². The van der Waals surface area contributed by atoms with Gasteiger partial charge in [0.15, 0.2) is 0 Å². The number of carbonyl (C=O) groups excluding carboxylic acids is 1. The molecule has 0 saturated carbocycles. The van der Waals surface area contributed by atoms with E-state index in [0.29, 0.717) is 11.1 Å². The van der Waals surface area contributed by atoms with Crippen molar-refractivity contribution in [1.82, 2.24) is 14.8 Å². The van der Waals surface area contributed by atoms with Crippen molar-refractivity contribution in [3.05, 3.63) is 279 Å². The Balaban J connectivity index is 0.000000229. The van der Waals surface area contributed by atoms with E-state index in [1.807, 2.05) is 54.7 Å². The Morgan fingerprint density at radius 2 is 0.561 bits per heavy atom. The molecule has 3 N–H and O–H groups in total. The molecule has 5 saturated heterocycles. The average Bonchev–Trinajstić information content (AvgIpc) is 1.44. The molecule has 6 heterocycles. The van der Waals surface area contributed by atoms with E-state index in [9.17, 15) is 9.59 Å². The fraction of sp³-hybridized carbons (Fsp3) is 0.521. The molecule has 0 atom stereocenters. The minimum Gasteiger partial charge on any atom is -0.478 e. The number of hydrogen-bond donors (Lipinski definition) is 2. The molecule has 0 bridgehead atoms. The molecule has 5 aliphatic rings. The van der Waals surface area contributed by atoms with E-state index in [0.717, 1.165) is 82.5 Å². The number of carboxylic acid groups (broad SMARTS) is 1. The fourth-order valence-electron chi connectivity index (χ4n) is 15.3. The Morgan fingerprint density at radius 1 is 0.318 bits per heavy atom. The lowest BCUT2D eigenvalue weighted by molar-refractivity contribution is 0.0696. The number of piperazine rings is 2. The number of nitrogens with two attached hydrogens (primary N) is 1. The summed E-state index contributed by atoms with van der Waals surface area (Å²) < 4.78 is 5.36. The number of likely N-dealkylation sites (N-methyl/N-ethyl adjacent to an activating group) is 2. The van der Waals surface area contributed by atoms with Crippen LogP contribution in [0.2, 0.25) is 0 Å². The third-order valence-corrected chi connectivity index (χ3v) is 25.0. The number of anilines is 6. The van der Waals surface area contributed by atoms with Gasteiger partial charge in [0.2, 0.25) is 5.91 Å². The Bertz CT molecular complexity index is 4630. The zero-order chi connectivity index (χ0) is 98.4. The number of piperidine rings is 1. The van der Waals surface area contributed by atoms with E-state index >= 15 is 0 Å². The first kappa shape index (κ1) is 111. The number of rotatable bonds is 8. The third-order valence-electron chi connectivity index (χ3n) is 25.0. The highest BCUT2D eigenvalue weighted by Crippen LogP contribution is 2.34. The van der Waals surface area contributed by atoms with Gasteiger partial charge in [-0.1, -0.05) is 290 Å². The molecule has 132 heavy (non-hydrogen) atoms. The van der Waals surface area contributed by atoms with E-state index in [4.69, 9.17) is 20.8 Å². The highest BCUT2D eigenvalue weighted by molar-refractivity contribution is 5.92. The third kappa shape index (κ3) is 38.2. The second kappa shape index (κ2) is 49.8. The van der Waals surface area contributed by atoms with Crippen LogP contribution in [0.25, 0.3) is 0 Å². The normalized spacial score (nSPS) is 15.3. The molecule has 0 radical (unpaired) electrons. The van der Waals surface area contributed by atoms with Crippen LogP contribution in [-0.2, 0) is 53.5 Å². The standard InChI is InChI=1S/C15H24N2.C15H23N.C14H23N3.C14H21NO.C14H21N.C12H19N.C11H15NO.C11H13N.C11H14O2/c1-15(2,3)13-5-7-14(8-6-13)17-11-9-16(4)10-12-17;1-15(2,3)13-7-9-14(10-8-13)16-11-5-4-6-12-16;1-14(2,3)12-5-6-13(15-11-12)17-9-7-16(4)8-10-17;1-14(2,3)12-4-6-13(7-5-12)15-8-10-16-11-9-15;1-14(2,3)12-6-8-13(9-7-12)15-10-4-5-11-15;1-12(2,3)10-6-8-11(9-7-10)13(4)5;1-11(2,3)9-6-4-8(5-7-9)10(12)13;1-11(2,3)10-6-4-9(8-12)5-7-10;1-11(2,3)9-6-4-8(5-7-9)10(12)13/h5-8H,9-12H2,1-4H3;7-10H,4-6,11-12H2,1-3H3;5-6,11H,7-10H2,1-4H3;4-7H,8-11H2,1-3H3;6-9H,4-5,10-11H2,1-3H3;6-9H,1-5H3;4-7H,1-3H3,(H2,12,13);4-7H,1-3H3;4-7H,1-3H3,(H,12,13). The predicted octanol–water partition coefficient (Wildman–Crippen LogP) is 25.9. The van der Waals surface area contributed by atoms with Gasteiger partial charge < -0.3 is 54.8 Å². The lowest BCUT2D eigenvalue weighted by atomic mass is 9.87. The molecule has 1 aromatic heterocycles. The van der Waals surface area contributed by atoms with Gasteiger partial charge in [-0.2, -0.15) is 5.26 Å². The van der Waals surface area contributed by atoms with Crippen LogP contribution in [0.1, 0.15) is 295 Å². The molecule has 0 unspecified atom stereocenters. The van der Waals surface area contributed by atoms with Crippen LogP contribution >= 0.6 is 0 Å². The molecule has 8 aromatic carbocycles. The number of hydrogen-bond acceptors (Lipinski definition) is 13. The highest BCUT2D eigenvalue weighted by Gasteiger charge is 2.25. The fourth-order valence-corrected chi connectivity index (χ4v) is 15.3. The molecule has 5 fully saturated rings. The van der Waals surface area contributed by atoms with Crippen molar-refractivity contribution in [1.29, 1.82) is 5.26 Å². The summed E-state index contributed by atoms with van der Waals surface area (Å²) in [5, 5.41) is 17.3. The van der Waals surface area contributed by atoms with Crippen molar-refractivity contribution in [3.8, 4) is 6.07 Å². The van der Waals surface area contributed by atoms with Crippen molar-refractivity contribution in [2.24, 2.45) is 5.73 Å². The summed E-state index contributed by atoms with van der Waals surface area (Å²) in [5.74, 6) is -0.132. The number of pyridine rings is 1. The van der Waals surface area contributed by atoms with Crippen LogP contribution in [0.15, 0.2) is 212 Å². The molecule has 5 aliphatic heterocycles. The van der Waals surface area contributed by atoms with Crippen molar-refractivity contribution in [2.75, 3.05) is 162 Å². The first-order valence-corrected chi connectivity index (χ1v) is 48.5. The van der Waals surface area contributed by atoms with Crippen molar-refractivity contribution < 1.29 is 19.4 Å². The zero-order valence-electron chi connectivity index (χ0n) is 87.8. The summed E-state index contributed by atoms with van der Waals surface area (Å²) in [6, 6.07) is 73.6. The van der Waals surface area contributed by atoms with E-state index in [2.05, 4.69) is 399 Å². The molecule has 0 aliphatic carbocycles. The first-order chi connectivity index (χ1) is 61.4. The number of carbonyl (C=O) groups is 2. The lowest BCUT2D eigenvalue weighted by Crippen LogP contribution is -2.44. The van der Waals surface area contributed by atoms with Crippen LogP contribution < -0.4 is 35.1 Å². The molecular formula is C117H173N11O4. The number of aromatic nitrogens is 1. The maximum atomic E-state index is 10.8. The van der Waals surface area contributed by atoms with Gasteiger partial charge >= 0.3 is 5.97 Å². The van der Waals surface area contributed by atoms with Crippen LogP contribution in [-0.4, -0.2) is 165 Å². The number of ether oxygens (including phenoxy) is 1. The number of aromatic carboxylic acids is 1. The van der Waals surface area contributed by atoms with Gasteiger partial charge in [0, 0.05) is 146 Å². The quantitative estimate of drug-likeness (QED) is 0.148. The maximum absolute atomic E-state index is 10.8. The molecule has 1 amide bonds. The minimum atomic E-state index is -0.875. The number of primary amides is 1. The number of nitriles is 1. The average molecular weight is 1800 g/mol.